The van der Waals surface area contributed by atoms with Crippen LogP contribution in [-0.2, 0) is 0 Å². The van der Waals surface area contributed by atoms with Crippen molar-refractivity contribution in [2.24, 2.45) is 0 Å². The first-order valence-corrected chi connectivity index (χ1v) is 8.24. The van der Waals surface area contributed by atoms with Gasteiger partial charge in [0, 0.05) is 20.9 Å². The van der Waals surface area contributed by atoms with Crippen molar-refractivity contribution in [1.29, 1.82) is 0 Å². The van der Waals surface area contributed by atoms with Crippen LogP contribution in [0.4, 0.5) is 5.69 Å². The molecule has 2 aromatic rings. The molecule has 0 aromatic heterocycles. The highest BCUT2D eigenvalue weighted by Crippen LogP contribution is 2.37. The highest BCUT2D eigenvalue weighted by Gasteiger charge is 2.22. The zero-order chi connectivity index (χ0) is 14.1. The Kier molecular flexibility index (Phi) is 4.24. The quantitative estimate of drug-likeness (QED) is 0.667. The molecule has 1 N–H and O–H groups in total. The largest absolute Gasteiger partial charge is 0.493 e. The first-order chi connectivity index (χ1) is 9.63. The number of hydrogen-bond acceptors (Lipinski definition) is 2. The molecule has 0 radical (unpaired) electrons. The van der Waals surface area contributed by atoms with Crippen molar-refractivity contribution in [3.63, 3.8) is 0 Å². The van der Waals surface area contributed by atoms with Gasteiger partial charge in [-0.3, -0.25) is 0 Å². The van der Waals surface area contributed by atoms with Crippen LogP contribution in [0.15, 0.2) is 45.3 Å². The number of ether oxygens (including phenoxy) is 1. The Morgan fingerprint density at radius 2 is 1.85 bits per heavy atom. The minimum Gasteiger partial charge on any atom is -0.493 e. The molecule has 2 aromatic carbocycles. The lowest BCUT2D eigenvalue weighted by Crippen LogP contribution is -2.20. The van der Waals surface area contributed by atoms with Crippen LogP contribution in [-0.4, -0.2) is 6.61 Å². The Bertz CT molecular complexity index is 648. The van der Waals surface area contributed by atoms with Crippen molar-refractivity contribution in [2.75, 3.05) is 11.9 Å². The number of benzene rings is 2. The van der Waals surface area contributed by atoms with Gasteiger partial charge in [0.05, 0.1) is 23.4 Å². The van der Waals surface area contributed by atoms with E-state index in [0.29, 0.717) is 6.61 Å². The second-order valence-corrected chi connectivity index (χ2v) is 6.88. The van der Waals surface area contributed by atoms with Crippen LogP contribution >= 0.6 is 43.5 Å². The molecule has 1 heterocycles. The molecule has 2 nitrogen and oxygen atoms in total. The molecule has 0 saturated carbocycles. The van der Waals surface area contributed by atoms with E-state index in [1.165, 1.54) is 0 Å². The molecule has 104 valence electrons. The van der Waals surface area contributed by atoms with Crippen molar-refractivity contribution in [3.8, 4) is 5.75 Å². The summed E-state index contributed by atoms with van der Waals surface area (Å²) in [6.07, 6.45) is 0.909. The fourth-order valence-corrected chi connectivity index (χ4v) is 3.22. The topological polar surface area (TPSA) is 21.3 Å². The summed E-state index contributed by atoms with van der Waals surface area (Å²) in [6.45, 7) is 0.706. The second-order valence-electron chi connectivity index (χ2n) is 4.64. The van der Waals surface area contributed by atoms with Gasteiger partial charge >= 0.3 is 0 Å². The summed E-state index contributed by atoms with van der Waals surface area (Å²) in [6, 6.07) is 12.1. The van der Waals surface area contributed by atoms with E-state index in [2.05, 4.69) is 43.2 Å². The smallest absolute Gasteiger partial charge is 0.124 e. The van der Waals surface area contributed by atoms with E-state index in [4.69, 9.17) is 16.3 Å². The highest BCUT2D eigenvalue weighted by atomic mass is 79.9. The number of anilines is 1. The zero-order valence-corrected chi connectivity index (χ0v) is 14.4. The molecule has 1 atom stereocenters. The molecule has 20 heavy (non-hydrogen) atoms. The first kappa shape index (κ1) is 14.2. The molecule has 0 spiro atoms. The predicted octanol–water partition coefficient (Wildman–Crippen LogP) is 5.80. The van der Waals surface area contributed by atoms with Gasteiger partial charge in [0.1, 0.15) is 5.75 Å². The van der Waals surface area contributed by atoms with E-state index < -0.39 is 0 Å². The third kappa shape index (κ3) is 2.97. The third-order valence-corrected chi connectivity index (χ3v) is 4.59. The molecule has 1 unspecified atom stereocenters. The Hall–Kier alpha value is -0.710. The molecule has 1 aliphatic rings. The monoisotopic (exact) mass is 415 g/mol. The minimum absolute atomic E-state index is 0.197. The molecule has 5 heteroatoms. The van der Waals surface area contributed by atoms with Gasteiger partial charge in [0.25, 0.3) is 0 Å². The normalized spacial score (nSPS) is 17.2. The summed E-state index contributed by atoms with van der Waals surface area (Å²) >= 11 is 13.2. The summed E-state index contributed by atoms with van der Waals surface area (Å²) in [5, 5.41) is 4.23. The summed E-state index contributed by atoms with van der Waals surface area (Å²) in [5.74, 6) is 0.933. The SMILES string of the molecule is Clc1ccc(Br)cc1NC1CCOc2ccc(Br)cc21. The van der Waals surface area contributed by atoms with E-state index in [9.17, 15) is 0 Å². The standard InChI is InChI=1S/C15H12Br2ClNO/c16-9-2-4-15-11(7-9)13(5-6-20-15)19-14-8-10(17)1-3-12(14)18/h1-4,7-8,13,19H,5-6H2. The third-order valence-electron chi connectivity index (χ3n) is 3.27. The van der Waals surface area contributed by atoms with Gasteiger partial charge in [0.15, 0.2) is 0 Å². The predicted molar refractivity (Wildman–Crippen MR) is 89.8 cm³/mol. The number of hydrogen-bond donors (Lipinski definition) is 1. The number of nitrogens with one attached hydrogen (secondary N) is 1. The highest BCUT2D eigenvalue weighted by molar-refractivity contribution is 9.10. The minimum atomic E-state index is 0.197. The molecule has 0 amide bonds. The summed E-state index contributed by atoms with van der Waals surface area (Å²) in [7, 11) is 0. The van der Waals surface area contributed by atoms with Crippen LogP contribution in [0.5, 0.6) is 5.75 Å². The van der Waals surface area contributed by atoms with Crippen molar-refractivity contribution in [1.82, 2.24) is 0 Å². The van der Waals surface area contributed by atoms with Crippen LogP contribution in [0.2, 0.25) is 5.02 Å². The van der Waals surface area contributed by atoms with Crippen LogP contribution < -0.4 is 10.1 Å². The number of fused-ring (bicyclic) bond motifs is 1. The Labute approximate surface area is 139 Å². The van der Waals surface area contributed by atoms with E-state index in [0.717, 1.165) is 37.4 Å². The van der Waals surface area contributed by atoms with E-state index >= 15 is 0 Å². The maximum Gasteiger partial charge on any atom is 0.124 e. The van der Waals surface area contributed by atoms with E-state index in [-0.39, 0.29) is 6.04 Å². The van der Waals surface area contributed by atoms with Crippen LogP contribution in [0.1, 0.15) is 18.0 Å². The molecule has 0 aliphatic carbocycles. The zero-order valence-electron chi connectivity index (χ0n) is 10.5. The van der Waals surface area contributed by atoms with Crippen molar-refractivity contribution in [2.45, 2.75) is 12.5 Å². The first-order valence-electron chi connectivity index (χ1n) is 6.27. The molecule has 1 aliphatic heterocycles. The maximum absolute atomic E-state index is 6.25. The fourth-order valence-electron chi connectivity index (χ4n) is 2.31. The van der Waals surface area contributed by atoms with Gasteiger partial charge in [-0.15, -0.1) is 0 Å². The average Bonchev–Trinajstić information content (AvgIpc) is 2.43. The van der Waals surface area contributed by atoms with Crippen LogP contribution in [0, 0.1) is 0 Å². The van der Waals surface area contributed by atoms with Crippen molar-refractivity contribution < 1.29 is 4.74 Å². The van der Waals surface area contributed by atoms with Gasteiger partial charge in [-0.2, -0.15) is 0 Å². The molecule has 0 saturated heterocycles. The van der Waals surface area contributed by atoms with E-state index in [1.807, 2.05) is 30.3 Å². The fraction of sp³-hybridized carbons (Fsp3) is 0.200. The summed E-state index contributed by atoms with van der Waals surface area (Å²) < 4.78 is 7.75. The van der Waals surface area contributed by atoms with Gasteiger partial charge in [-0.1, -0.05) is 43.5 Å². The lowest BCUT2D eigenvalue weighted by atomic mass is 10.0. The van der Waals surface area contributed by atoms with Gasteiger partial charge < -0.3 is 10.1 Å². The average molecular weight is 418 g/mol. The Morgan fingerprint density at radius 1 is 1.10 bits per heavy atom. The van der Waals surface area contributed by atoms with E-state index in [1.54, 1.807) is 0 Å². The molecule has 0 bridgehead atoms. The van der Waals surface area contributed by atoms with Crippen molar-refractivity contribution in [3.05, 3.63) is 55.9 Å². The van der Waals surface area contributed by atoms with Gasteiger partial charge in [-0.05, 0) is 36.4 Å². The second kappa shape index (κ2) is 5.96. The lowest BCUT2D eigenvalue weighted by molar-refractivity contribution is 0.274. The van der Waals surface area contributed by atoms with Gasteiger partial charge in [0.2, 0.25) is 0 Å². The van der Waals surface area contributed by atoms with Crippen molar-refractivity contribution >= 4 is 49.1 Å². The molecule has 0 fully saturated rings. The van der Waals surface area contributed by atoms with Gasteiger partial charge in [-0.25, -0.2) is 0 Å². The van der Waals surface area contributed by atoms with Crippen LogP contribution in [0.25, 0.3) is 0 Å². The molecule has 3 rings (SSSR count). The number of halogens is 3. The number of rotatable bonds is 2. The summed E-state index contributed by atoms with van der Waals surface area (Å²) in [5.41, 5.74) is 2.08. The lowest BCUT2D eigenvalue weighted by Gasteiger charge is -2.28. The molecular weight excluding hydrogens is 405 g/mol. The summed E-state index contributed by atoms with van der Waals surface area (Å²) in [4.78, 5) is 0. The maximum atomic E-state index is 6.25. The molecular formula is C15H12Br2ClNO. The Balaban J connectivity index is 1.93. The van der Waals surface area contributed by atoms with Crippen LogP contribution in [0.3, 0.4) is 0 Å². The Morgan fingerprint density at radius 3 is 2.70 bits per heavy atom.